The van der Waals surface area contributed by atoms with E-state index in [1.165, 1.54) is 12.1 Å². The number of aromatic nitrogens is 1. The summed E-state index contributed by atoms with van der Waals surface area (Å²) in [5.41, 5.74) is -4.88. The highest BCUT2D eigenvalue weighted by Gasteiger charge is 2.32. The minimum Gasteiger partial charge on any atom is -0.480 e. The summed E-state index contributed by atoms with van der Waals surface area (Å²) >= 11 is -0.510. The lowest BCUT2D eigenvalue weighted by Crippen LogP contribution is -2.41. The molecule has 0 aromatic carbocycles. The van der Waals surface area contributed by atoms with Gasteiger partial charge in [-0.05, 0) is 18.6 Å². The third kappa shape index (κ3) is 5.92. The topological polar surface area (TPSA) is 79.3 Å². The lowest BCUT2D eigenvalue weighted by Gasteiger charge is -2.15. The molecule has 1 atom stereocenters. The van der Waals surface area contributed by atoms with Crippen LogP contribution in [-0.2, 0) is 4.79 Å². The third-order valence-corrected chi connectivity index (χ3v) is 3.43. The van der Waals surface area contributed by atoms with E-state index in [4.69, 9.17) is 5.11 Å². The van der Waals surface area contributed by atoms with Crippen molar-refractivity contribution in [2.24, 2.45) is 0 Å². The number of rotatable bonds is 7. The number of carbonyl (C=O) groups is 2. The van der Waals surface area contributed by atoms with Crippen LogP contribution in [0.25, 0.3) is 0 Å². The van der Waals surface area contributed by atoms with Gasteiger partial charge in [0.05, 0.1) is 5.56 Å². The molecule has 0 aliphatic rings. The van der Waals surface area contributed by atoms with Crippen molar-refractivity contribution in [3.63, 3.8) is 0 Å². The fourth-order valence-corrected chi connectivity index (χ4v) is 2.26. The molecule has 0 bridgehead atoms. The molecule has 5 nitrogen and oxygen atoms in total. The summed E-state index contributed by atoms with van der Waals surface area (Å²) in [5.74, 6) is -2.11. The van der Waals surface area contributed by atoms with E-state index in [1.807, 2.05) is 6.92 Å². The van der Waals surface area contributed by atoms with Gasteiger partial charge in [-0.25, -0.2) is 9.78 Å². The standard InChI is InChI=1S/C13H15F3N2O3S/c1-2-3-6-9(12(20)21)18-10(19)8-5-4-7-17-11(8)22-13(14,15)16/h4-5,7,9H,2-3,6H2,1H3,(H,18,19)(H,20,21). The van der Waals surface area contributed by atoms with Crippen LogP contribution < -0.4 is 5.32 Å². The third-order valence-electron chi connectivity index (χ3n) is 2.68. The second-order valence-electron chi connectivity index (χ2n) is 4.41. The highest BCUT2D eigenvalue weighted by molar-refractivity contribution is 8.00. The van der Waals surface area contributed by atoms with E-state index in [2.05, 4.69) is 10.3 Å². The van der Waals surface area contributed by atoms with Crippen LogP contribution >= 0.6 is 11.8 Å². The molecule has 1 aromatic rings. The maximum atomic E-state index is 12.4. The Hall–Kier alpha value is -1.77. The summed E-state index contributed by atoms with van der Waals surface area (Å²) in [5, 5.41) is 10.8. The molecule has 0 spiro atoms. The molecule has 22 heavy (non-hydrogen) atoms. The van der Waals surface area contributed by atoms with Gasteiger partial charge in [0.25, 0.3) is 5.91 Å². The van der Waals surface area contributed by atoms with E-state index < -0.39 is 40.2 Å². The van der Waals surface area contributed by atoms with Gasteiger partial charge in [-0.2, -0.15) is 13.2 Å². The molecule has 0 aliphatic carbocycles. The number of hydrogen-bond acceptors (Lipinski definition) is 4. The number of pyridine rings is 1. The average Bonchev–Trinajstić information content (AvgIpc) is 2.41. The number of thioether (sulfide) groups is 1. The Balaban J connectivity index is 2.90. The second kappa shape index (κ2) is 8.02. The molecular weight excluding hydrogens is 321 g/mol. The van der Waals surface area contributed by atoms with Crippen molar-refractivity contribution in [3.8, 4) is 0 Å². The predicted molar refractivity (Wildman–Crippen MR) is 74.6 cm³/mol. The average molecular weight is 336 g/mol. The summed E-state index contributed by atoms with van der Waals surface area (Å²) in [6, 6.07) is 1.35. The molecule has 0 saturated carbocycles. The van der Waals surface area contributed by atoms with Crippen LogP contribution in [-0.4, -0.2) is 33.5 Å². The summed E-state index contributed by atoms with van der Waals surface area (Å²) < 4.78 is 37.3. The van der Waals surface area contributed by atoms with Crippen LogP contribution in [0.15, 0.2) is 23.4 Å². The van der Waals surface area contributed by atoms with Gasteiger partial charge in [0.15, 0.2) is 0 Å². The number of hydrogen-bond donors (Lipinski definition) is 2. The lowest BCUT2D eigenvalue weighted by atomic mass is 10.1. The van der Waals surface area contributed by atoms with Gasteiger partial charge in [-0.15, -0.1) is 0 Å². The summed E-state index contributed by atoms with van der Waals surface area (Å²) in [6.45, 7) is 1.86. The normalized spacial score (nSPS) is 12.7. The second-order valence-corrected chi connectivity index (χ2v) is 5.46. The summed E-state index contributed by atoms with van der Waals surface area (Å²) in [4.78, 5) is 26.6. The number of unbranched alkanes of at least 4 members (excludes halogenated alkanes) is 1. The van der Waals surface area contributed by atoms with Crippen molar-refractivity contribution >= 4 is 23.6 Å². The van der Waals surface area contributed by atoms with Crippen LogP contribution in [0, 0.1) is 0 Å². The Morgan fingerprint density at radius 2 is 2.14 bits per heavy atom. The first kappa shape index (κ1) is 18.3. The minimum atomic E-state index is -4.59. The number of carboxylic acids is 1. The molecule has 0 aliphatic heterocycles. The van der Waals surface area contributed by atoms with Crippen LogP contribution in [0.5, 0.6) is 0 Å². The molecule has 1 unspecified atom stereocenters. The van der Waals surface area contributed by atoms with Gasteiger partial charge >= 0.3 is 11.5 Å². The predicted octanol–water partition coefficient (Wildman–Crippen LogP) is 3.07. The van der Waals surface area contributed by atoms with E-state index >= 15 is 0 Å². The Morgan fingerprint density at radius 3 is 2.68 bits per heavy atom. The van der Waals surface area contributed by atoms with Crippen molar-refractivity contribution in [3.05, 3.63) is 23.9 Å². The van der Waals surface area contributed by atoms with E-state index in [-0.39, 0.29) is 12.0 Å². The number of carbonyl (C=O) groups excluding carboxylic acids is 1. The maximum Gasteiger partial charge on any atom is 0.447 e. The van der Waals surface area contributed by atoms with E-state index in [0.717, 1.165) is 12.6 Å². The first-order valence-electron chi connectivity index (χ1n) is 6.49. The number of carboxylic acid groups (broad SMARTS) is 1. The quantitative estimate of drug-likeness (QED) is 0.748. The molecule has 1 amide bonds. The SMILES string of the molecule is CCCCC(NC(=O)c1cccnc1SC(F)(F)F)C(=O)O. The number of halogens is 3. The number of alkyl halides is 3. The number of aliphatic carboxylic acids is 1. The number of amides is 1. The highest BCUT2D eigenvalue weighted by Crippen LogP contribution is 2.37. The molecule has 1 aromatic heterocycles. The summed E-state index contributed by atoms with van der Waals surface area (Å²) in [7, 11) is 0. The van der Waals surface area contributed by atoms with Crippen LogP contribution in [0.3, 0.4) is 0 Å². The van der Waals surface area contributed by atoms with Crippen LogP contribution in [0.1, 0.15) is 36.5 Å². The lowest BCUT2D eigenvalue weighted by molar-refractivity contribution is -0.139. The van der Waals surface area contributed by atoms with Gasteiger partial charge in [0.2, 0.25) is 0 Å². The molecule has 2 N–H and O–H groups in total. The number of nitrogens with one attached hydrogen (secondary N) is 1. The van der Waals surface area contributed by atoms with Gasteiger partial charge < -0.3 is 10.4 Å². The van der Waals surface area contributed by atoms with Crippen LogP contribution in [0.4, 0.5) is 13.2 Å². The minimum absolute atomic E-state index is 0.208. The Labute approximate surface area is 129 Å². The van der Waals surface area contributed by atoms with E-state index in [1.54, 1.807) is 0 Å². The molecule has 9 heteroatoms. The maximum absolute atomic E-state index is 12.4. The number of nitrogens with zero attached hydrogens (tertiary/aromatic N) is 1. The largest absolute Gasteiger partial charge is 0.480 e. The zero-order chi connectivity index (χ0) is 16.8. The van der Waals surface area contributed by atoms with Crippen molar-refractivity contribution in [2.75, 3.05) is 0 Å². The monoisotopic (exact) mass is 336 g/mol. The van der Waals surface area contributed by atoms with Gasteiger partial charge in [0.1, 0.15) is 11.1 Å². The first-order chi connectivity index (χ1) is 10.2. The Bertz CT molecular complexity index is 538. The zero-order valence-corrected chi connectivity index (χ0v) is 12.5. The van der Waals surface area contributed by atoms with Crippen molar-refractivity contribution in [1.82, 2.24) is 10.3 Å². The van der Waals surface area contributed by atoms with Crippen molar-refractivity contribution in [2.45, 2.75) is 42.8 Å². The molecular formula is C13H15F3N2O3S. The van der Waals surface area contributed by atoms with Gasteiger partial charge in [-0.3, -0.25) is 4.79 Å². The molecule has 1 rings (SSSR count). The van der Waals surface area contributed by atoms with Gasteiger partial charge in [0, 0.05) is 18.0 Å². The fourth-order valence-electron chi connectivity index (χ4n) is 1.66. The zero-order valence-electron chi connectivity index (χ0n) is 11.7. The summed E-state index contributed by atoms with van der Waals surface area (Å²) in [6.07, 6.45) is 2.66. The highest BCUT2D eigenvalue weighted by atomic mass is 32.2. The fraction of sp³-hybridized carbons (Fsp3) is 0.462. The van der Waals surface area contributed by atoms with E-state index in [0.29, 0.717) is 6.42 Å². The molecule has 1 heterocycles. The van der Waals surface area contributed by atoms with Crippen molar-refractivity contribution in [1.29, 1.82) is 0 Å². The molecule has 0 radical (unpaired) electrons. The smallest absolute Gasteiger partial charge is 0.447 e. The Kier molecular flexibility index (Phi) is 6.66. The van der Waals surface area contributed by atoms with Crippen molar-refractivity contribution < 1.29 is 27.9 Å². The first-order valence-corrected chi connectivity index (χ1v) is 7.30. The van der Waals surface area contributed by atoms with E-state index in [9.17, 15) is 22.8 Å². The van der Waals surface area contributed by atoms with Gasteiger partial charge in [-0.1, -0.05) is 19.8 Å². The molecule has 0 saturated heterocycles. The Morgan fingerprint density at radius 1 is 1.45 bits per heavy atom. The molecule has 0 fully saturated rings. The van der Waals surface area contributed by atoms with Crippen LogP contribution in [0.2, 0.25) is 0 Å². The molecule has 122 valence electrons.